The van der Waals surface area contributed by atoms with Gasteiger partial charge < -0.3 is 14.6 Å². The topological polar surface area (TPSA) is 55.8 Å². The summed E-state index contributed by atoms with van der Waals surface area (Å²) in [6.07, 6.45) is -0.724. The molecule has 0 unspecified atom stereocenters. The Bertz CT molecular complexity index is 236. The van der Waals surface area contributed by atoms with E-state index in [9.17, 15) is 9.90 Å². The van der Waals surface area contributed by atoms with E-state index in [0.29, 0.717) is 6.42 Å². The quantitative estimate of drug-likeness (QED) is 0.588. The number of aliphatic hydroxyl groups excluding tert-OH is 1. The molecule has 4 nitrogen and oxygen atoms in total. The Kier molecular flexibility index (Phi) is 1.94. The highest BCUT2D eigenvalue weighted by Gasteiger charge is 2.48. The highest BCUT2D eigenvalue weighted by molar-refractivity contribution is 5.80. The van der Waals surface area contributed by atoms with Crippen LogP contribution in [0.1, 0.15) is 26.7 Å². The van der Waals surface area contributed by atoms with Crippen molar-refractivity contribution in [3.05, 3.63) is 0 Å². The summed E-state index contributed by atoms with van der Waals surface area (Å²) in [5, 5.41) is 9.56. The van der Waals surface area contributed by atoms with E-state index in [1.165, 1.54) is 0 Å². The van der Waals surface area contributed by atoms with Gasteiger partial charge in [-0.2, -0.15) is 0 Å². The third-order valence-corrected chi connectivity index (χ3v) is 2.47. The lowest BCUT2D eigenvalue weighted by atomic mass is 9.91. The number of Topliss-reactive ketones (excluding diaryl/α,β-unsaturated/α-hetero) is 1. The van der Waals surface area contributed by atoms with Crippen LogP contribution in [0.25, 0.3) is 0 Å². The van der Waals surface area contributed by atoms with Crippen molar-refractivity contribution in [1.29, 1.82) is 0 Å². The Balaban J connectivity index is 2.14. The number of hydrogen-bond acceptors (Lipinski definition) is 4. The Hall–Kier alpha value is -0.450. The van der Waals surface area contributed by atoms with Gasteiger partial charge in [0.15, 0.2) is 5.79 Å². The largest absolute Gasteiger partial charge is 0.390 e. The second-order valence-electron chi connectivity index (χ2n) is 4.15. The van der Waals surface area contributed by atoms with Crippen molar-refractivity contribution in [1.82, 2.24) is 0 Å². The first-order chi connectivity index (χ1) is 5.98. The van der Waals surface area contributed by atoms with Crippen LogP contribution in [0.5, 0.6) is 0 Å². The number of carbonyl (C=O) groups is 1. The second-order valence-corrected chi connectivity index (χ2v) is 4.15. The molecule has 1 N–H and O–H groups in total. The molecule has 0 aromatic rings. The first-order valence-electron chi connectivity index (χ1n) is 4.53. The molecule has 2 aliphatic rings. The molecular formula is C9H14O4. The molecule has 0 spiro atoms. The maximum Gasteiger partial charge on any atom is 0.163 e. The Morgan fingerprint density at radius 2 is 2.08 bits per heavy atom. The molecule has 0 bridgehead atoms. The normalized spacial score (nSPS) is 43.3. The molecule has 0 aromatic heterocycles. The summed E-state index contributed by atoms with van der Waals surface area (Å²) in [7, 11) is 0. The summed E-state index contributed by atoms with van der Waals surface area (Å²) in [6.45, 7) is 3.59. The zero-order valence-corrected chi connectivity index (χ0v) is 7.82. The van der Waals surface area contributed by atoms with E-state index in [4.69, 9.17) is 9.47 Å². The molecule has 0 aromatic carbocycles. The van der Waals surface area contributed by atoms with Gasteiger partial charge in [0.1, 0.15) is 11.9 Å². The van der Waals surface area contributed by atoms with Gasteiger partial charge in [-0.15, -0.1) is 0 Å². The van der Waals surface area contributed by atoms with Crippen molar-refractivity contribution < 1.29 is 19.4 Å². The fraction of sp³-hybridized carbons (Fsp3) is 0.889. The summed E-state index contributed by atoms with van der Waals surface area (Å²) < 4.78 is 11.0. The molecular weight excluding hydrogens is 172 g/mol. The molecule has 74 valence electrons. The lowest BCUT2D eigenvalue weighted by Crippen LogP contribution is -2.42. The summed E-state index contributed by atoms with van der Waals surface area (Å²) >= 11 is 0. The number of rotatable bonds is 0. The monoisotopic (exact) mass is 186 g/mol. The van der Waals surface area contributed by atoms with Crippen LogP contribution in [0.2, 0.25) is 0 Å². The van der Waals surface area contributed by atoms with Gasteiger partial charge in [0.2, 0.25) is 0 Å². The van der Waals surface area contributed by atoms with Gasteiger partial charge in [-0.05, 0) is 13.8 Å². The molecule has 3 atom stereocenters. The summed E-state index contributed by atoms with van der Waals surface area (Å²) in [6, 6.07) is 0. The van der Waals surface area contributed by atoms with E-state index in [1.54, 1.807) is 13.8 Å². The molecule has 1 aliphatic carbocycles. The van der Waals surface area contributed by atoms with E-state index in [1.807, 2.05) is 0 Å². The molecule has 13 heavy (non-hydrogen) atoms. The average molecular weight is 186 g/mol. The zero-order chi connectivity index (χ0) is 9.64. The van der Waals surface area contributed by atoms with Crippen LogP contribution in [-0.4, -0.2) is 35.0 Å². The van der Waals surface area contributed by atoms with Gasteiger partial charge in [-0.1, -0.05) is 0 Å². The SMILES string of the molecule is CC1(C)O[C@H]2[C@H](O)CC(=O)C[C@H]2O1. The van der Waals surface area contributed by atoms with Crippen molar-refractivity contribution in [3.63, 3.8) is 0 Å². The predicted molar refractivity (Wildman–Crippen MR) is 44.1 cm³/mol. The van der Waals surface area contributed by atoms with Crippen LogP contribution >= 0.6 is 0 Å². The van der Waals surface area contributed by atoms with Crippen LogP contribution < -0.4 is 0 Å². The van der Waals surface area contributed by atoms with E-state index >= 15 is 0 Å². The maximum atomic E-state index is 11.1. The van der Waals surface area contributed by atoms with Gasteiger partial charge >= 0.3 is 0 Å². The van der Waals surface area contributed by atoms with Crippen LogP contribution in [0, 0.1) is 0 Å². The fourth-order valence-electron chi connectivity index (χ4n) is 2.00. The van der Waals surface area contributed by atoms with Crippen molar-refractivity contribution in [3.8, 4) is 0 Å². The average Bonchev–Trinajstić information content (AvgIpc) is 2.23. The minimum atomic E-state index is -0.701. The molecule has 0 radical (unpaired) electrons. The minimum Gasteiger partial charge on any atom is -0.390 e. The highest BCUT2D eigenvalue weighted by atomic mass is 16.8. The molecule has 0 amide bonds. The van der Waals surface area contributed by atoms with Crippen LogP contribution in [0.4, 0.5) is 0 Å². The molecule has 1 aliphatic heterocycles. The predicted octanol–water partition coefficient (Wildman–Crippen LogP) is 0.230. The molecule has 1 saturated heterocycles. The Morgan fingerprint density at radius 3 is 2.77 bits per heavy atom. The van der Waals surface area contributed by atoms with Crippen LogP contribution in [0.3, 0.4) is 0 Å². The van der Waals surface area contributed by atoms with Crippen molar-refractivity contribution in [2.75, 3.05) is 0 Å². The summed E-state index contributed by atoms with van der Waals surface area (Å²) in [5.41, 5.74) is 0. The molecule has 2 rings (SSSR count). The number of aliphatic hydroxyl groups is 1. The lowest BCUT2D eigenvalue weighted by Gasteiger charge is -2.26. The lowest BCUT2D eigenvalue weighted by molar-refractivity contribution is -0.153. The zero-order valence-electron chi connectivity index (χ0n) is 7.82. The van der Waals surface area contributed by atoms with Gasteiger partial charge in [0.05, 0.1) is 12.2 Å². The third-order valence-electron chi connectivity index (χ3n) is 2.47. The number of hydrogen-bond donors (Lipinski definition) is 1. The number of carbonyl (C=O) groups excluding carboxylic acids is 1. The van der Waals surface area contributed by atoms with Gasteiger partial charge in [-0.3, -0.25) is 4.79 Å². The smallest absolute Gasteiger partial charge is 0.163 e. The Labute approximate surface area is 76.8 Å². The standard InChI is InChI=1S/C9H14O4/c1-9(2)12-7-4-5(10)3-6(11)8(7)13-9/h6-8,11H,3-4H2,1-2H3/t6-,7-,8+/m1/s1. The first kappa shape index (κ1) is 9.12. The number of fused-ring (bicyclic) bond motifs is 1. The number of ether oxygens (including phenoxy) is 2. The molecule has 1 saturated carbocycles. The first-order valence-corrected chi connectivity index (χ1v) is 4.53. The summed E-state index contributed by atoms with van der Waals surface area (Å²) in [5.74, 6) is -0.615. The van der Waals surface area contributed by atoms with E-state index in [2.05, 4.69) is 0 Å². The molecule has 4 heteroatoms. The molecule has 1 heterocycles. The minimum absolute atomic E-state index is 0.0510. The van der Waals surface area contributed by atoms with Crippen molar-refractivity contribution in [2.45, 2.75) is 50.8 Å². The van der Waals surface area contributed by atoms with Gasteiger partial charge in [-0.25, -0.2) is 0 Å². The van der Waals surface area contributed by atoms with Crippen molar-refractivity contribution >= 4 is 5.78 Å². The third kappa shape index (κ3) is 1.61. The maximum absolute atomic E-state index is 11.1. The van der Waals surface area contributed by atoms with Crippen LogP contribution in [-0.2, 0) is 14.3 Å². The van der Waals surface area contributed by atoms with Gasteiger partial charge in [0.25, 0.3) is 0 Å². The highest BCUT2D eigenvalue weighted by Crippen LogP contribution is 2.35. The fourth-order valence-corrected chi connectivity index (χ4v) is 2.00. The van der Waals surface area contributed by atoms with E-state index < -0.39 is 11.9 Å². The summed E-state index contributed by atoms with van der Waals surface area (Å²) in [4.78, 5) is 11.1. The van der Waals surface area contributed by atoms with E-state index in [0.717, 1.165) is 0 Å². The van der Waals surface area contributed by atoms with Crippen molar-refractivity contribution in [2.24, 2.45) is 0 Å². The van der Waals surface area contributed by atoms with Crippen LogP contribution in [0.15, 0.2) is 0 Å². The van der Waals surface area contributed by atoms with Gasteiger partial charge in [0, 0.05) is 12.8 Å². The Morgan fingerprint density at radius 1 is 1.38 bits per heavy atom. The number of ketones is 1. The second kappa shape index (κ2) is 2.77. The van der Waals surface area contributed by atoms with E-state index in [-0.39, 0.29) is 24.4 Å². The molecule has 2 fully saturated rings.